The normalized spacial score (nSPS) is 15.8. The molecule has 0 aliphatic carbocycles. The molecule has 0 aromatic heterocycles. The lowest BCUT2D eigenvalue weighted by molar-refractivity contribution is -0.122. The van der Waals surface area contributed by atoms with Crippen LogP contribution in [0.1, 0.15) is 11.1 Å². The van der Waals surface area contributed by atoms with Crippen molar-refractivity contribution in [2.24, 2.45) is 4.99 Å². The fraction of sp³-hybridized carbons (Fsp3) is 0.111. The molecule has 0 N–H and O–H groups in total. The highest BCUT2D eigenvalue weighted by Crippen LogP contribution is 2.36. The first kappa shape index (κ1) is 22.4. The summed E-state index contributed by atoms with van der Waals surface area (Å²) in [5.74, 6) is 1.15. The maximum absolute atomic E-state index is 13.4. The van der Waals surface area contributed by atoms with Gasteiger partial charge >= 0.3 is 0 Å². The SMILES string of the molecule is C=CCOc1ccc(/C=C2/SC(=Nc3ccccc3)N(Cc3ccccc3)C2=O)cc1OC. The molecule has 1 fully saturated rings. The van der Waals surface area contributed by atoms with Gasteiger partial charge in [-0.3, -0.25) is 9.69 Å². The van der Waals surface area contributed by atoms with Crippen molar-refractivity contribution in [3.8, 4) is 11.5 Å². The summed E-state index contributed by atoms with van der Waals surface area (Å²) >= 11 is 1.37. The Balaban J connectivity index is 1.66. The Bertz CT molecular complexity index is 1190. The van der Waals surface area contributed by atoms with Crippen LogP contribution in [0.15, 0.2) is 101 Å². The number of aliphatic imine (C=N–C) groups is 1. The molecule has 0 radical (unpaired) electrons. The van der Waals surface area contributed by atoms with Crippen LogP contribution < -0.4 is 9.47 Å². The number of rotatable bonds is 8. The first-order chi connectivity index (χ1) is 16.2. The summed E-state index contributed by atoms with van der Waals surface area (Å²) < 4.78 is 11.1. The quantitative estimate of drug-likeness (QED) is 0.305. The van der Waals surface area contributed by atoms with Crippen LogP contribution in [0.3, 0.4) is 0 Å². The second kappa shape index (κ2) is 10.7. The second-order valence-electron chi connectivity index (χ2n) is 7.23. The molecule has 1 aliphatic heterocycles. The number of nitrogens with zero attached hydrogens (tertiary/aromatic N) is 2. The Hall–Kier alpha value is -3.77. The van der Waals surface area contributed by atoms with Gasteiger partial charge in [0.05, 0.1) is 24.2 Å². The summed E-state index contributed by atoms with van der Waals surface area (Å²) in [6, 6.07) is 25.2. The Kier molecular flexibility index (Phi) is 7.27. The molecule has 166 valence electrons. The summed E-state index contributed by atoms with van der Waals surface area (Å²) in [7, 11) is 1.59. The minimum atomic E-state index is -0.0792. The average Bonchev–Trinajstić information content (AvgIpc) is 3.13. The molecule has 1 aliphatic rings. The number of thioether (sulfide) groups is 1. The highest BCUT2D eigenvalue weighted by molar-refractivity contribution is 8.18. The third-order valence-corrected chi connectivity index (χ3v) is 5.90. The van der Waals surface area contributed by atoms with E-state index in [-0.39, 0.29) is 5.91 Å². The Morgan fingerprint density at radius 2 is 1.73 bits per heavy atom. The molecule has 1 saturated heterocycles. The number of methoxy groups -OCH3 is 1. The van der Waals surface area contributed by atoms with Gasteiger partial charge in [0.2, 0.25) is 0 Å². The number of ether oxygens (including phenoxy) is 2. The van der Waals surface area contributed by atoms with Crippen LogP contribution in [0.4, 0.5) is 5.69 Å². The number of amides is 1. The van der Waals surface area contributed by atoms with Gasteiger partial charge in [-0.2, -0.15) is 0 Å². The zero-order valence-electron chi connectivity index (χ0n) is 18.3. The number of amidine groups is 1. The summed E-state index contributed by atoms with van der Waals surface area (Å²) in [5.41, 5.74) is 2.69. The summed E-state index contributed by atoms with van der Waals surface area (Å²) in [5, 5.41) is 0.652. The van der Waals surface area contributed by atoms with E-state index < -0.39 is 0 Å². The predicted molar refractivity (Wildman–Crippen MR) is 135 cm³/mol. The average molecular weight is 457 g/mol. The maximum atomic E-state index is 13.4. The van der Waals surface area contributed by atoms with Gasteiger partial charge in [0.1, 0.15) is 6.61 Å². The number of benzene rings is 3. The van der Waals surface area contributed by atoms with Gasteiger partial charge in [-0.1, -0.05) is 67.3 Å². The van der Waals surface area contributed by atoms with E-state index in [1.54, 1.807) is 18.1 Å². The monoisotopic (exact) mass is 456 g/mol. The maximum Gasteiger partial charge on any atom is 0.267 e. The molecule has 3 aromatic rings. The van der Waals surface area contributed by atoms with Crippen molar-refractivity contribution >= 4 is 34.6 Å². The van der Waals surface area contributed by atoms with Gasteiger partial charge in [0.15, 0.2) is 16.7 Å². The van der Waals surface area contributed by atoms with Gasteiger partial charge in [-0.05, 0) is 53.2 Å². The van der Waals surface area contributed by atoms with E-state index in [9.17, 15) is 4.79 Å². The van der Waals surface area contributed by atoms with Gasteiger partial charge in [-0.15, -0.1) is 0 Å². The van der Waals surface area contributed by atoms with Gasteiger partial charge in [0, 0.05) is 0 Å². The van der Waals surface area contributed by atoms with Crippen LogP contribution in [0, 0.1) is 0 Å². The van der Waals surface area contributed by atoms with Crippen molar-refractivity contribution in [1.29, 1.82) is 0 Å². The van der Waals surface area contributed by atoms with Crippen LogP contribution in [-0.2, 0) is 11.3 Å². The summed E-state index contributed by atoms with van der Waals surface area (Å²) in [6.07, 6.45) is 3.54. The zero-order chi connectivity index (χ0) is 23.0. The molecule has 5 nitrogen and oxygen atoms in total. The Labute approximate surface area is 198 Å². The number of carbonyl (C=O) groups is 1. The number of hydrogen-bond donors (Lipinski definition) is 0. The van der Waals surface area contributed by atoms with Gasteiger partial charge < -0.3 is 9.47 Å². The third kappa shape index (κ3) is 5.54. The minimum Gasteiger partial charge on any atom is -0.493 e. The van der Waals surface area contributed by atoms with E-state index in [2.05, 4.69) is 6.58 Å². The fourth-order valence-corrected chi connectivity index (χ4v) is 4.30. The highest BCUT2D eigenvalue weighted by Gasteiger charge is 2.33. The summed E-state index contributed by atoms with van der Waals surface area (Å²) in [6.45, 7) is 4.51. The van der Waals surface area contributed by atoms with E-state index in [1.165, 1.54) is 11.8 Å². The largest absolute Gasteiger partial charge is 0.493 e. The van der Waals surface area contributed by atoms with Crippen molar-refractivity contribution in [2.45, 2.75) is 6.54 Å². The third-order valence-electron chi connectivity index (χ3n) is 4.89. The van der Waals surface area contributed by atoms with Crippen molar-refractivity contribution < 1.29 is 14.3 Å². The molecule has 0 bridgehead atoms. The van der Waals surface area contributed by atoms with Crippen molar-refractivity contribution in [3.63, 3.8) is 0 Å². The van der Waals surface area contributed by atoms with E-state index in [0.29, 0.717) is 34.7 Å². The molecule has 0 spiro atoms. The molecule has 1 heterocycles. The molecule has 3 aromatic carbocycles. The van der Waals surface area contributed by atoms with Crippen LogP contribution in [0.2, 0.25) is 0 Å². The van der Waals surface area contributed by atoms with E-state index in [0.717, 1.165) is 16.8 Å². The first-order valence-corrected chi connectivity index (χ1v) is 11.3. The van der Waals surface area contributed by atoms with Crippen molar-refractivity contribution in [3.05, 3.63) is 108 Å². The highest BCUT2D eigenvalue weighted by atomic mass is 32.2. The van der Waals surface area contributed by atoms with E-state index in [4.69, 9.17) is 14.5 Å². The second-order valence-corrected chi connectivity index (χ2v) is 8.24. The summed E-state index contributed by atoms with van der Waals surface area (Å²) in [4.78, 5) is 20.4. The zero-order valence-corrected chi connectivity index (χ0v) is 19.1. The van der Waals surface area contributed by atoms with Crippen molar-refractivity contribution in [2.75, 3.05) is 13.7 Å². The molecule has 0 saturated carbocycles. The van der Waals surface area contributed by atoms with Gasteiger partial charge in [0.25, 0.3) is 5.91 Å². The number of para-hydroxylation sites is 1. The Morgan fingerprint density at radius 3 is 2.42 bits per heavy atom. The first-order valence-electron chi connectivity index (χ1n) is 10.5. The fourth-order valence-electron chi connectivity index (χ4n) is 3.30. The molecular weight excluding hydrogens is 432 g/mol. The van der Waals surface area contributed by atoms with Crippen molar-refractivity contribution in [1.82, 2.24) is 4.90 Å². The number of carbonyl (C=O) groups excluding carboxylic acids is 1. The Morgan fingerprint density at radius 1 is 1.00 bits per heavy atom. The van der Waals surface area contributed by atoms with Crippen LogP contribution >= 0.6 is 11.8 Å². The standard InChI is InChI=1S/C27H24N2O3S/c1-3-16-32-23-15-14-21(17-24(23)31-2)18-25-26(30)29(19-20-10-6-4-7-11-20)27(33-25)28-22-12-8-5-9-13-22/h3-15,17-18H,1,16,19H2,2H3/b25-18+,28-27?. The lowest BCUT2D eigenvalue weighted by atomic mass is 10.1. The van der Waals surface area contributed by atoms with Crippen LogP contribution in [0.25, 0.3) is 6.08 Å². The molecule has 0 unspecified atom stereocenters. The molecular formula is C27H24N2O3S. The van der Waals surface area contributed by atoms with Crippen LogP contribution in [0.5, 0.6) is 11.5 Å². The molecule has 4 rings (SSSR count). The lowest BCUT2D eigenvalue weighted by Gasteiger charge is -2.15. The smallest absolute Gasteiger partial charge is 0.267 e. The molecule has 1 amide bonds. The minimum absolute atomic E-state index is 0.0792. The number of hydrogen-bond acceptors (Lipinski definition) is 5. The predicted octanol–water partition coefficient (Wildman–Crippen LogP) is 6.06. The van der Waals surface area contributed by atoms with E-state index in [1.807, 2.05) is 84.9 Å². The lowest BCUT2D eigenvalue weighted by Crippen LogP contribution is -2.28. The van der Waals surface area contributed by atoms with E-state index >= 15 is 0 Å². The van der Waals surface area contributed by atoms with Crippen LogP contribution in [-0.4, -0.2) is 29.7 Å². The molecule has 6 heteroatoms. The van der Waals surface area contributed by atoms with Gasteiger partial charge in [-0.25, -0.2) is 4.99 Å². The topological polar surface area (TPSA) is 51.1 Å². The molecule has 0 atom stereocenters. The molecule has 33 heavy (non-hydrogen) atoms.